The molecule has 1 heterocycles. The molecule has 0 aliphatic carbocycles. The SMILES string of the molecule is CC[C@H](C)[C@H](N)C(=O)N1CC(C)(C)OC(C)(C)C1. The fourth-order valence-corrected chi connectivity index (χ4v) is 2.65. The molecule has 0 spiro atoms. The van der Waals surface area contributed by atoms with Crippen LogP contribution in [0.4, 0.5) is 0 Å². The van der Waals surface area contributed by atoms with Gasteiger partial charge in [0, 0.05) is 13.1 Å². The maximum Gasteiger partial charge on any atom is 0.239 e. The van der Waals surface area contributed by atoms with Gasteiger partial charge in [-0.15, -0.1) is 0 Å². The molecule has 106 valence electrons. The molecule has 0 unspecified atom stereocenters. The highest BCUT2D eigenvalue weighted by molar-refractivity contribution is 5.82. The van der Waals surface area contributed by atoms with Crippen LogP contribution in [0.25, 0.3) is 0 Å². The van der Waals surface area contributed by atoms with E-state index in [1.165, 1.54) is 0 Å². The zero-order valence-corrected chi connectivity index (χ0v) is 12.6. The Morgan fingerprint density at radius 2 is 1.72 bits per heavy atom. The van der Waals surface area contributed by atoms with Gasteiger partial charge in [0.2, 0.25) is 5.91 Å². The van der Waals surface area contributed by atoms with Gasteiger partial charge in [-0.2, -0.15) is 0 Å². The number of ether oxygens (including phenoxy) is 1. The quantitative estimate of drug-likeness (QED) is 0.837. The molecular formula is C14H28N2O2. The van der Waals surface area contributed by atoms with E-state index < -0.39 is 6.04 Å². The van der Waals surface area contributed by atoms with Crippen LogP contribution in [0, 0.1) is 5.92 Å². The molecule has 0 aromatic heterocycles. The number of nitrogens with zero attached hydrogens (tertiary/aromatic N) is 1. The monoisotopic (exact) mass is 256 g/mol. The minimum atomic E-state index is -0.403. The molecule has 1 fully saturated rings. The van der Waals surface area contributed by atoms with E-state index >= 15 is 0 Å². The predicted molar refractivity (Wildman–Crippen MR) is 73.3 cm³/mol. The van der Waals surface area contributed by atoms with Gasteiger partial charge < -0.3 is 15.4 Å². The van der Waals surface area contributed by atoms with Crippen molar-refractivity contribution in [3.63, 3.8) is 0 Å². The maximum atomic E-state index is 12.4. The highest BCUT2D eigenvalue weighted by Crippen LogP contribution is 2.28. The molecule has 18 heavy (non-hydrogen) atoms. The number of morpholine rings is 1. The predicted octanol–water partition coefficient (Wildman–Crippen LogP) is 1.78. The third-order valence-electron chi connectivity index (χ3n) is 3.55. The molecule has 1 saturated heterocycles. The molecule has 1 aliphatic heterocycles. The summed E-state index contributed by atoms with van der Waals surface area (Å²) in [5.74, 6) is 0.264. The lowest BCUT2D eigenvalue weighted by Crippen LogP contribution is -2.61. The van der Waals surface area contributed by atoms with Crippen LogP contribution in [-0.4, -0.2) is 41.1 Å². The largest absolute Gasteiger partial charge is 0.366 e. The van der Waals surface area contributed by atoms with E-state index in [1.54, 1.807) is 0 Å². The number of carbonyl (C=O) groups excluding carboxylic acids is 1. The zero-order chi connectivity index (χ0) is 14.1. The van der Waals surface area contributed by atoms with Crippen molar-refractivity contribution in [2.45, 2.75) is 65.2 Å². The van der Waals surface area contributed by atoms with Crippen LogP contribution >= 0.6 is 0 Å². The van der Waals surface area contributed by atoms with Crippen molar-refractivity contribution in [3.8, 4) is 0 Å². The van der Waals surface area contributed by atoms with Gasteiger partial charge in [-0.05, 0) is 33.6 Å². The Labute approximate surface area is 111 Å². The molecular weight excluding hydrogens is 228 g/mol. The molecule has 4 nitrogen and oxygen atoms in total. The number of hydrogen-bond acceptors (Lipinski definition) is 3. The third kappa shape index (κ3) is 3.69. The highest BCUT2D eigenvalue weighted by Gasteiger charge is 2.41. The molecule has 0 aromatic rings. The third-order valence-corrected chi connectivity index (χ3v) is 3.55. The number of amides is 1. The molecule has 1 aliphatic rings. The van der Waals surface area contributed by atoms with E-state index in [4.69, 9.17) is 10.5 Å². The topological polar surface area (TPSA) is 55.6 Å². The van der Waals surface area contributed by atoms with Gasteiger partial charge in [0.1, 0.15) is 0 Å². The van der Waals surface area contributed by atoms with Gasteiger partial charge in [0.15, 0.2) is 0 Å². The molecule has 1 amide bonds. The molecule has 0 radical (unpaired) electrons. The van der Waals surface area contributed by atoms with Crippen LogP contribution in [0.3, 0.4) is 0 Å². The second kappa shape index (κ2) is 5.17. The van der Waals surface area contributed by atoms with Crippen LogP contribution in [0.1, 0.15) is 48.0 Å². The van der Waals surface area contributed by atoms with Gasteiger partial charge in [-0.3, -0.25) is 4.79 Å². The molecule has 2 N–H and O–H groups in total. The van der Waals surface area contributed by atoms with Crippen molar-refractivity contribution < 1.29 is 9.53 Å². The van der Waals surface area contributed by atoms with E-state index in [-0.39, 0.29) is 23.0 Å². The minimum Gasteiger partial charge on any atom is -0.366 e. The van der Waals surface area contributed by atoms with E-state index in [9.17, 15) is 4.79 Å². The summed E-state index contributed by atoms with van der Waals surface area (Å²) in [7, 11) is 0. The van der Waals surface area contributed by atoms with E-state index in [0.29, 0.717) is 13.1 Å². The normalized spacial score (nSPS) is 25.6. The number of hydrogen-bond donors (Lipinski definition) is 1. The van der Waals surface area contributed by atoms with Crippen molar-refractivity contribution in [1.29, 1.82) is 0 Å². The fourth-order valence-electron chi connectivity index (χ4n) is 2.65. The summed E-state index contributed by atoms with van der Waals surface area (Å²) in [6.45, 7) is 13.4. The van der Waals surface area contributed by atoms with Crippen LogP contribution in [0.2, 0.25) is 0 Å². The smallest absolute Gasteiger partial charge is 0.239 e. The highest BCUT2D eigenvalue weighted by atomic mass is 16.5. The molecule has 0 bridgehead atoms. The average molecular weight is 256 g/mol. The lowest BCUT2D eigenvalue weighted by atomic mass is 9.95. The number of carbonyl (C=O) groups is 1. The Balaban J connectivity index is 2.80. The van der Waals surface area contributed by atoms with E-state index in [2.05, 4.69) is 6.92 Å². The van der Waals surface area contributed by atoms with Crippen LogP contribution < -0.4 is 5.73 Å². The van der Waals surface area contributed by atoms with Gasteiger partial charge in [0.25, 0.3) is 0 Å². The number of nitrogens with two attached hydrogens (primary N) is 1. The zero-order valence-electron chi connectivity index (χ0n) is 12.6. The standard InChI is InChI=1S/C14H28N2O2/c1-7-10(2)11(15)12(17)16-8-13(3,4)18-14(5,6)9-16/h10-11H,7-9,15H2,1-6H3/t10-,11-/m0/s1. The Morgan fingerprint density at radius 3 is 2.11 bits per heavy atom. The van der Waals surface area contributed by atoms with Crippen molar-refractivity contribution in [3.05, 3.63) is 0 Å². The van der Waals surface area contributed by atoms with E-state index in [0.717, 1.165) is 6.42 Å². The van der Waals surface area contributed by atoms with E-state index in [1.807, 2.05) is 39.5 Å². The van der Waals surface area contributed by atoms with Crippen LogP contribution in [0.15, 0.2) is 0 Å². The summed E-state index contributed by atoms with van der Waals surface area (Å²) in [6, 6.07) is -0.403. The Hall–Kier alpha value is -0.610. The molecule has 1 rings (SSSR count). The lowest BCUT2D eigenvalue weighted by molar-refractivity contribution is -0.189. The summed E-state index contributed by atoms with van der Waals surface area (Å²) < 4.78 is 5.97. The Morgan fingerprint density at radius 1 is 1.28 bits per heavy atom. The van der Waals surface area contributed by atoms with Crippen LogP contribution in [-0.2, 0) is 9.53 Å². The van der Waals surface area contributed by atoms with Gasteiger partial charge in [-0.25, -0.2) is 0 Å². The van der Waals surface area contributed by atoms with Crippen molar-refractivity contribution in [2.24, 2.45) is 11.7 Å². The molecule has 0 aromatic carbocycles. The number of rotatable bonds is 3. The van der Waals surface area contributed by atoms with Gasteiger partial charge in [0.05, 0.1) is 17.2 Å². The molecule has 2 atom stereocenters. The summed E-state index contributed by atoms with van der Waals surface area (Å²) >= 11 is 0. The first-order valence-corrected chi connectivity index (χ1v) is 6.82. The van der Waals surface area contributed by atoms with Crippen molar-refractivity contribution in [2.75, 3.05) is 13.1 Å². The summed E-state index contributed by atoms with van der Waals surface area (Å²) in [4.78, 5) is 14.3. The second-order valence-corrected chi connectivity index (χ2v) is 6.73. The maximum absolute atomic E-state index is 12.4. The first kappa shape index (κ1) is 15.4. The molecule has 4 heteroatoms. The van der Waals surface area contributed by atoms with Crippen LogP contribution in [0.5, 0.6) is 0 Å². The minimum absolute atomic E-state index is 0.0498. The Kier molecular flexibility index (Phi) is 4.44. The first-order chi connectivity index (χ1) is 8.08. The lowest BCUT2D eigenvalue weighted by Gasteiger charge is -2.47. The summed E-state index contributed by atoms with van der Waals surface area (Å²) in [5.41, 5.74) is 5.42. The van der Waals surface area contributed by atoms with Gasteiger partial charge >= 0.3 is 0 Å². The van der Waals surface area contributed by atoms with Crippen molar-refractivity contribution >= 4 is 5.91 Å². The Bertz CT molecular complexity index is 297. The van der Waals surface area contributed by atoms with Crippen molar-refractivity contribution in [1.82, 2.24) is 4.90 Å². The fraction of sp³-hybridized carbons (Fsp3) is 0.929. The van der Waals surface area contributed by atoms with Gasteiger partial charge in [-0.1, -0.05) is 20.3 Å². The first-order valence-electron chi connectivity index (χ1n) is 6.82. The second-order valence-electron chi connectivity index (χ2n) is 6.73. The average Bonchev–Trinajstić information content (AvgIpc) is 2.21. The summed E-state index contributed by atoms with van der Waals surface area (Å²) in [5, 5.41) is 0. The molecule has 0 saturated carbocycles. The summed E-state index contributed by atoms with van der Waals surface area (Å²) in [6.07, 6.45) is 0.921.